The minimum Gasteiger partial charge on any atom is -0.483 e. The number of pyridine rings is 1. The van der Waals surface area contributed by atoms with Gasteiger partial charge in [0.15, 0.2) is 0 Å². The van der Waals surface area contributed by atoms with Crippen molar-refractivity contribution in [2.75, 3.05) is 31.6 Å². The summed E-state index contributed by atoms with van der Waals surface area (Å²) in [5.74, 6) is 0.806. The van der Waals surface area contributed by atoms with Crippen molar-refractivity contribution in [3.63, 3.8) is 0 Å². The highest BCUT2D eigenvalue weighted by atomic mass is 16.3. The van der Waals surface area contributed by atoms with Gasteiger partial charge < -0.3 is 25.0 Å². The number of nitrogens with zero attached hydrogens (tertiary/aromatic N) is 4. The third kappa shape index (κ3) is 3.97. The zero-order valence-corrected chi connectivity index (χ0v) is 18.3. The maximum atomic E-state index is 12.8. The average Bonchev–Trinajstić information content (AvgIpc) is 3.19. The maximum Gasteiger partial charge on any atom is 0.290 e. The van der Waals surface area contributed by atoms with Crippen LogP contribution in [0.1, 0.15) is 24.1 Å². The van der Waals surface area contributed by atoms with E-state index in [1.165, 1.54) is 6.07 Å². The average molecular weight is 453 g/mol. The van der Waals surface area contributed by atoms with Gasteiger partial charge in [-0.15, -0.1) is 0 Å². The number of para-hydroxylation sites is 2. The number of piperidine rings is 1. The first-order valence-electron chi connectivity index (χ1n) is 10.9. The Morgan fingerprint density at radius 1 is 1.21 bits per heavy atom. The van der Waals surface area contributed by atoms with Crippen molar-refractivity contribution in [1.29, 1.82) is 0 Å². The molecule has 174 valence electrons. The molecule has 33 heavy (non-hydrogen) atoms. The van der Waals surface area contributed by atoms with E-state index in [2.05, 4.69) is 10.2 Å². The highest BCUT2D eigenvalue weighted by Gasteiger charge is 2.44. The van der Waals surface area contributed by atoms with Gasteiger partial charge in [0.25, 0.3) is 12.0 Å². The minimum atomic E-state index is -0.534. The largest absolute Gasteiger partial charge is 0.483 e. The zero-order valence-electron chi connectivity index (χ0n) is 18.3. The van der Waals surface area contributed by atoms with Gasteiger partial charge in [0.2, 0.25) is 11.9 Å². The maximum absolute atomic E-state index is 12.8. The van der Waals surface area contributed by atoms with Gasteiger partial charge in [0.05, 0.1) is 17.6 Å². The molecule has 1 fully saturated rings. The van der Waals surface area contributed by atoms with Crippen LogP contribution in [0.3, 0.4) is 0 Å². The number of imidazole rings is 1. The van der Waals surface area contributed by atoms with Crippen LogP contribution in [0.25, 0.3) is 11.0 Å². The van der Waals surface area contributed by atoms with Gasteiger partial charge in [-0.1, -0.05) is 18.2 Å². The molecule has 0 unspecified atom stereocenters. The Morgan fingerprint density at radius 3 is 2.70 bits per heavy atom. The molecular weight excluding hydrogens is 426 g/mol. The topological polar surface area (TPSA) is 130 Å². The first-order chi connectivity index (χ1) is 16.0. The predicted molar refractivity (Wildman–Crippen MR) is 122 cm³/mol. The molecule has 1 amide bonds. The lowest BCUT2D eigenvalue weighted by atomic mass is 9.78. The molecule has 2 aliphatic rings. The predicted octanol–water partition coefficient (Wildman–Crippen LogP) is 0.802. The fourth-order valence-electron chi connectivity index (χ4n) is 5.21. The smallest absolute Gasteiger partial charge is 0.290 e. The SMILES string of the molecule is CNC(=O)[C@H]1[C@H]2C[C@H](CN(c3nc4ccccc4n3CCO)C2)c2cccc(=O)n21.O=CO. The van der Waals surface area contributed by atoms with Crippen LogP contribution in [0.5, 0.6) is 0 Å². The number of aliphatic hydroxyl groups is 1. The lowest BCUT2D eigenvalue weighted by Gasteiger charge is -2.46. The molecule has 2 aromatic heterocycles. The second kappa shape index (κ2) is 9.45. The van der Waals surface area contributed by atoms with Crippen molar-refractivity contribution in [2.24, 2.45) is 5.92 Å². The Morgan fingerprint density at radius 2 is 1.97 bits per heavy atom. The summed E-state index contributed by atoms with van der Waals surface area (Å²) in [4.78, 5) is 40.9. The second-order valence-electron chi connectivity index (χ2n) is 8.20. The summed E-state index contributed by atoms with van der Waals surface area (Å²) >= 11 is 0. The highest BCUT2D eigenvalue weighted by molar-refractivity contribution is 5.81. The molecule has 2 bridgehead atoms. The molecule has 0 aliphatic carbocycles. The van der Waals surface area contributed by atoms with Crippen LogP contribution in [0, 0.1) is 5.92 Å². The van der Waals surface area contributed by atoms with E-state index < -0.39 is 6.04 Å². The third-order valence-electron chi connectivity index (χ3n) is 6.40. The molecule has 4 heterocycles. The standard InChI is InChI=1S/C22H25N5O3.CH2O2/c1-23-21(30)20-15-11-14(17-7-4-8-19(29)27(17)20)12-25(13-15)22-24-16-5-2-3-6-18(16)26(22)9-10-28;2-1-3/h2-8,14-15,20,28H,9-13H2,1H3,(H,23,30);1H,(H,2,3)/t14-,15+,20-;/m1./s1. The van der Waals surface area contributed by atoms with Crippen molar-refractivity contribution in [1.82, 2.24) is 19.4 Å². The van der Waals surface area contributed by atoms with Gasteiger partial charge >= 0.3 is 0 Å². The Hall–Kier alpha value is -3.66. The van der Waals surface area contributed by atoms with Crippen molar-refractivity contribution < 1.29 is 19.8 Å². The number of carbonyl (C=O) groups excluding carboxylic acids is 1. The van der Waals surface area contributed by atoms with E-state index in [-0.39, 0.29) is 36.4 Å². The monoisotopic (exact) mass is 453 g/mol. The zero-order chi connectivity index (χ0) is 23.5. The Kier molecular flexibility index (Phi) is 6.45. The molecule has 1 aromatic carbocycles. The minimum absolute atomic E-state index is 0.00121. The molecule has 0 saturated carbocycles. The molecule has 10 heteroatoms. The summed E-state index contributed by atoms with van der Waals surface area (Å²) in [6.45, 7) is 1.57. The summed E-state index contributed by atoms with van der Waals surface area (Å²) in [5.41, 5.74) is 2.64. The van der Waals surface area contributed by atoms with Gasteiger partial charge in [0.1, 0.15) is 6.04 Å². The number of carboxylic acid groups (broad SMARTS) is 1. The molecule has 0 spiro atoms. The lowest BCUT2D eigenvalue weighted by molar-refractivity contribution is -0.126. The summed E-state index contributed by atoms with van der Waals surface area (Å²) in [6, 6.07) is 12.6. The van der Waals surface area contributed by atoms with Crippen LogP contribution in [0.4, 0.5) is 5.95 Å². The number of nitrogens with one attached hydrogen (secondary N) is 1. The quantitative estimate of drug-likeness (QED) is 0.498. The van der Waals surface area contributed by atoms with Gasteiger partial charge in [-0.05, 0) is 24.6 Å². The van der Waals surface area contributed by atoms with E-state index in [0.717, 1.165) is 35.6 Å². The molecule has 0 radical (unpaired) electrons. The van der Waals surface area contributed by atoms with Gasteiger partial charge in [0, 0.05) is 50.3 Å². The van der Waals surface area contributed by atoms with Crippen molar-refractivity contribution in [2.45, 2.75) is 24.9 Å². The first-order valence-corrected chi connectivity index (χ1v) is 10.9. The number of benzene rings is 1. The van der Waals surface area contributed by atoms with Gasteiger partial charge in [-0.3, -0.25) is 19.0 Å². The third-order valence-corrected chi connectivity index (χ3v) is 6.40. The van der Waals surface area contributed by atoms with Crippen LogP contribution in [-0.2, 0) is 16.1 Å². The van der Waals surface area contributed by atoms with Crippen LogP contribution < -0.4 is 15.8 Å². The van der Waals surface area contributed by atoms with Crippen molar-refractivity contribution in [3.8, 4) is 0 Å². The molecule has 10 nitrogen and oxygen atoms in total. The molecule has 3 atom stereocenters. The Labute approximate surface area is 190 Å². The van der Waals surface area contributed by atoms with E-state index in [1.807, 2.05) is 34.9 Å². The highest BCUT2D eigenvalue weighted by Crippen LogP contribution is 2.42. The normalized spacial score (nSPS) is 21.0. The van der Waals surface area contributed by atoms with E-state index >= 15 is 0 Å². The Balaban J connectivity index is 0.000000821. The van der Waals surface area contributed by atoms with Crippen molar-refractivity contribution in [3.05, 3.63) is 58.5 Å². The van der Waals surface area contributed by atoms with Crippen molar-refractivity contribution >= 4 is 29.4 Å². The Bertz CT molecular complexity index is 1220. The summed E-state index contributed by atoms with van der Waals surface area (Å²) in [5, 5.41) is 19.3. The number of hydrogen-bond donors (Lipinski definition) is 3. The number of anilines is 1. The van der Waals surface area contributed by atoms with E-state index in [1.54, 1.807) is 17.7 Å². The van der Waals surface area contributed by atoms with E-state index in [4.69, 9.17) is 14.9 Å². The number of aromatic nitrogens is 3. The second-order valence-corrected chi connectivity index (χ2v) is 8.20. The van der Waals surface area contributed by atoms with Crippen LogP contribution in [0.15, 0.2) is 47.3 Å². The van der Waals surface area contributed by atoms with E-state index in [9.17, 15) is 14.7 Å². The molecule has 2 aliphatic heterocycles. The van der Waals surface area contributed by atoms with Gasteiger partial charge in [-0.2, -0.15) is 0 Å². The number of fused-ring (bicyclic) bond motifs is 5. The van der Waals surface area contributed by atoms with Crippen LogP contribution in [-0.4, -0.2) is 63.5 Å². The fraction of sp³-hybridized carbons (Fsp3) is 0.391. The molecule has 3 aromatic rings. The molecule has 1 saturated heterocycles. The van der Waals surface area contributed by atoms with Gasteiger partial charge in [-0.25, -0.2) is 4.98 Å². The summed E-state index contributed by atoms with van der Waals surface area (Å²) in [6.07, 6.45) is 0.859. The lowest BCUT2D eigenvalue weighted by Crippen LogP contribution is -2.53. The number of amides is 1. The summed E-state index contributed by atoms with van der Waals surface area (Å²) < 4.78 is 3.73. The van der Waals surface area contributed by atoms with E-state index in [0.29, 0.717) is 13.1 Å². The van der Waals surface area contributed by atoms with Crippen LogP contribution in [0.2, 0.25) is 0 Å². The first kappa shape index (κ1) is 22.5. The molecule has 3 N–H and O–H groups in total. The number of aliphatic hydroxyl groups excluding tert-OH is 1. The summed E-state index contributed by atoms with van der Waals surface area (Å²) in [7, 11) is 1.61. The molecular formula is C23H27N5O5. The number of hydrogen-bond acceptors (Lipinski definition) is 6. The van der Waals surface area contributed by atoms with Crippen LogP contribution >= 0.6 is 0 Å². The number of carbonyl (C=O) groups is 2. The molecule has 5 rings (SSSR count). The fourth-order valence-corrected chi connectivity index (χ4v) is 5.21. The number of rotatable bonds is 4. The number of likely N-dealkylation sites (N-methyl/N-ethyl adjacent to an activating group) is 1.